The van der Waals surface area contributed by atoms with Crippen molar-refractivity contribution in [1.29, 1.82) is 0 Å². The molecule has 2 aromatic heterocycles. The second kappa shape index (κ2) is 6.73. The van der Waals surface area contributed by atoms with Gasteiger partial charge in [-0.2, -0.15) is 0 Å². The Balaban J connectivity index is 1.90. The Morgan fingerprint density at radius 3 is 2.90 bits per heavy atom. The van der Waals surface area contributed by atoms with E-state index in [1.54, 1.807) is 16.8 Å². The number of carboxylic acid groups (broad SMARTS) is 1. The summed E-state index contributed by atoms with van der Waals surface area (Å²) in [7, 11) is 0. The molecule has 112 valence electrons. The van der Waals surface area contributed by atoms with E-state index in [9.17, 15) is 9.59 Å². The predicted octanol–water partition coefficient (Wildman–Crippen LogP) is 2.29. The van der Waals surface area contributed by atoms with E-state index in [1.807, 2.05) is 6.92 Å². The number of halogens is 1. The van der Waals surface area contributed by atoms with Crippen molar-refractivity contribution < 1.29 is 14.7 Å². The average molecular weight is 328 g/mol. The molecule has 0 radical (unpaired) electrons. The normalized spacial score (nSPS) is 10.6. The molecule has 0 saturated carbocycles. The van der Waals surface area contributed by atoms with Gasteiger partial charge in [0.15, 0.2) is 5.69 Å². The van der Waals surface area contributed by atoms with E-state index in [2.05, 4.69) is 10.3 Å². The van der Waals surface area contributed by atoms with Gasteiger partial charge in [0, 0.05) is 31.1 Å². The van der Waals surface area contributed by atoms with Crippen molar-refractivity contribution in [3.8, 4) is 0 Å². The predicted molar refractivity (Wildman–Crippen MR) is 80.2 cm³/mol. The third-order valence-corrected chi connectivity index (χ3v) is 3.95. The van der Waals surface area contributed by atoms with Crippen LogP contribution in [0.25, 0.3) is 0 Å². The Hall–Kier alpha value is -1.86. The molecule has 0 saturated heterocycles. The third kappa shape index (κ3) is 3.83. The number of aromatic carboxylic acids is 1. The highest BCUT2D eigenvalue weighted by molar-refractivity contribution is 7.09. The van der Waals surface area contributed by atoms with Gasteiger partial charge in [0.2, 0.25) is 0 Å². The molecule has 2 heterocycles. The van der Waals surface area contributed by atoms with Crippen LogP contribution < -0.4 is 5.32 Å². The summed E-state index contributed by atoms with van der Waals surface area (Å²) in [5.41, 5.74) is 0.542. The van der Waals surface area contributed by atoms with Gasteiger partial charge >= 0.3 is 5.97 Å². The summed E-state index contributed by atoms with van der Waals surface area (Å²) in [4.78, 5) is 26.7. The van der Waals surface area contributed by atoms with Crippen LogP contribution in [0.4, 0.5) is 0 Å². The SMILES string of the molecule is CCn1cc(Cl)cc1C(=O)NCCc1nc(C(=O)O)cs1. The van der Waals surface area contributed by atoms with Crippen LogP contribution in [0.15, 0.2) is 17.6 Å². The van der Waals surface area contributed by atoms with Gasteiger partial charge in [-0.25, -0.2) is 9.78 Å². The monoisotopic (exact) mass is 327 g/mol. The lowest BCUT2D eigenvalue weighted by molar-refractivity contribution is 0.0690. The maximum absolute atomic E-state index is 12.0. The van der Waals surface area contributed by atoms with Gasteiger partial charge in [-0.3, -0.25) is 4.79 Å². The zero-order valence-electron chi connectivity index (χ0n) is 11.3. The van der Waals surface area contributed by atoms with Crippen LogP contribution in [0.1, 0.15) is 32.9 Å². The lowest BCUT2D eigenvalue weighted by Crippen LogP contribution is -2.27. The minimum absolute atomic E-state index is 0.0352. The molecule has 2 aromatic rings. The van der Waals surface area contributed by atoms with Crippen molar-refractivity contribution in [1.82, 2.24) is 14.9 Å². The zero-order valence-corrected chi connectivity index (χ0v) is 12.9. The fourth-order valence-corrected chi connectivity index (χ4v) is 2.82. The first-order valence-electron chi connectivity index (χ1n) is 6.32. The number of rotatable bonds is 6. The van der Waals surface area contributed by atoms with Crippen molar-refractivity contribution >= 4 is 34.8 Å². The summed E-state index contributed by atoms with van der Waals surface area (Å²) in [6.07, 6.45) is 2.20. The summed E-state index contributed by atoms with van der Waals surface area (Å²) in [5.74, 6) is -1.25. The molecule has 2 rings (SSSR count). The topological polar surface area (TPSA) is 84.2 Å². The molecule has 21 heavy (non-hydrogen) atoms. The summed E-state index contributed by atoms with van der Waals surface area (Å²) in [6.45, 7) is 2.97. The molecule has 0 aliphatic heterocycles. The number of thiazole rings is 1. The quantitative estimate of drug-likeness (QED) is 0.852. The molecule has 1 amide bonds. The maximum Gasteiger partial charge on any atom is 0.355 e. The highest BCUT2D eigenvalue weighted by atomic mass is 35.5. The molecule has 6 nitrogen and oxygen atoms in total. The first-order valence-corrected chi connectivity index (χ1v) is 7.58. The van der Waals surface area contributed by atoms with Gasteiger partial charge in [0.05, 0.1) is 10.0 Å². The molecular formula is C13H14ClN3O3S. The Bertz CT molecular complexity index is 665. The van der Waals surface area contributed by atoms with Gasteiger partial charge in [-0.05, 0) is 13.0 Å². The van der Waals surface area contributed by atoms with E-state index in [4.69, 9.17) is 16.7 Å². The fraction of sp³-hybridized carbons (Fsp3) is 0.308. The minimum Gasteiger partial charge on any atom is -0.476 e. The molecule has 0 aliphatic rings. The van der Waals surface area contributed by atoms with Crippen LogP contribution in [0.2, 0.25) is 5.02 Å². The Labute approximate surface area is 130 Å². The van der Waals surface area contributed by atoms with Crippen LogP contribution in [0, 0.1) is 0 Å². The fourth-order valence-electron chi connectivity index (χ4n) is 1.82. The number of hydrogen-bond donors (Lipinski definition) is 2. The van der Waals surface area contributed by atoms with Crippen molar-refractivity contribution in [2.45, 2.75) is 19.9 Å². The first-order chi connectivity index (χ1) is 10.0. The lowest BCUT2D eigenvalue weighted by atomic mass is 10.3. The van der Waals surface area contributed by atoms with Crippen molar-refractivity contribution in [3.05, 3.63) is 39.1 Å². The second-order valence-corrected chi connectivity index (χ2v) is 5.65. The van der Waals surface area contributed by atoms with Gasteiger partial charge in [0.1, 0.15) is 5.69 Å². The van der Waals surface area contributed by atoms with Gasteiger partial charge < -0.3 is 15.0 Å². The standard InChI is InChI=1S/C13H14ClN3O3S/c1-2-17-6-8(14)5-10(17)12(18)15-4-3-11-16-9(7-21-11)13(19)20/h5-7H,2-4H2,1H3,(H,15,18)(H,19,20). The molecule has 8 heteroatoms. The molecule has 2 N–H and O–H groups in total. The van der Waals surface area contributed by atoms with Crippen LogP contribution >= 0.6 is 22.9 Å². The molecule has 0 aliphatic carbocycles. The van der Waals surface area contributed by atoms with E-state index >= 15 is 0 Å². The van der Waals surface area contributed by atoms with Crippen LogP contribution in [-0.4, -0.2) is 33.1 Å². The number of nitrogens with zero attached hydrogens (tertiary/aromatic N) is 2. The molecule has 0 aromatic carbocycles. The molecule has 0 spiro atoms. The number of nitrogens with one attached hydrogen (secondary N) is 1. The highest BCUT2D eigenvalue weighted by Crippen LogP contribution is 2.14. The van der Waals surface area contributed by atoms with Crippen LogP contribution in [0.5, 0.6) is 0 Å². The largest absolute Gasteiger partial charge is 0.476 e. The first kappa shape index (κ1) is 15.5. The number of carboxylic acids is 1. The van der Waals surface area contributed by atoms with Crippen LogP contribution in [0.3, 0.4) is 0 Å². The summed E-state index contributed by atoms with van der Waals surface area (Å²) in [5, 5.41) is 14.2. The maximum atomic E-state index is 12.0. The smallest absolute Gasteiger partial charge is 0.355 e. The number of carbonyl (C=O) groups excluding carboxylic acids is 1. The van der Waals surface area contributed by atoms with Crippen LogP contribution in [-0.2, 0) is 13.0 Å². The summed E-state index contributed by atoms with van der Waals surface area (Å²) in [6, 6.07) is 1.62. The molecule has 0 bridgehead atoms. The van der Waals surface area contributed by atoms with Gasteiger partial charge in [0.25, 0.3) is 5.91 Å². The Morgan fingerprint density at radius 1 is 1.52 bits per heavy atom. The van der Waals surface area contributed by atoms with Crippen molar-refractivity contribution in [2.75, 3.05) is 6.54 Å². The minimum atomic E-state index is -1.04. The van der Waals surface area contributed by atoms with E-state index in [0.29, 0.717) is 35.2 Å². The zero-order chi connectivity index (χ0) is 15.4. The molecule has 0 fully saturated rings. The van der Waals surface area contributed by atoms with Crippen molar-refractivity contribution in [2.24, 2.45) is 0 Å². The van der Waals surface area contributed by atoms with E-state index in [1.165, 1.54) is 16.7 Å². The van der Waals surface area contributed by atoms with E-state index in [0.717, 1.165) is 0 Å². The Morgan fingerprint density at radius 2 is 2.29 bits per heavy atom. The highest BCUT2D eigenvalue weighted by Gasteiger charge is 2.13. The number of amides is 1. The lowest BCUT2D eigenvalue weighted by Gasteiger charge is -2.06. The third-order valence-electron chi connectivity index (χ3n) is 2.83. The number of hydrogen-bond acceptors (Lipinski definition) is 4. The summed E-state index contributed by atoms with van der Waals surface area (Å²) >= 11 is 7.15. The molecule has 0 unspecified atom stereocenters. The number of aryl methyl sites for hydroxylation is 1. The second-order valence-electron chi connectivity index (χ2n) is 4.27. The molecule has 0 atom stereocenters. The van der Waals surface area contributed by atoms with Gasteiger partial charge in [-0.1, -0.05) is 11.6 Å². The average Bonchev–Trinajstić information content (AvgIpc) is 3.05. The van der Waals surface area contributed by atoms with Crippen molar-refractivity contribution in [3.63, 3.8) is 0 Å². The molecular weight excluding hydrogens is 314 g/mol. The summed E-state index contributed by atoms with van der Waals surface area (Å²) < 4.78 is 1.77. The van der Waals surface area contributed by atoms with E-state index in [-0.39, 0.29) is 11.6 Å². The van der Waals surface area contributed by atoms with E-state index < -0.39 is 5.97 Å². The number of aromatic nitrogens is 2. The van der Waals surface area contributed by atoms with Gasteiger partial charge in [-0.15, -0.1) is 11.3 Å². The number of carbonyl (C=O) groups is 2. The Kier molecular flexibility index (Phi) is 4.98.